The van der Waals surface area contributed by atoms with Crippen LogP contribution >= 0.6 is 0 Å². The minimum Gasteiger partial charge on any atom is -0.456 e. The number of aryl methyl sites for hydroxylation is 1. The number of carbonyl (C=O) groups excluding carboxylic acids is 3. The minimum absolute atomic E-state index is 0.0373. The van der Waals surface area contributed by atoms with Crippen LogP contribution in [-0.4, -0.2) is 28.3 Å². The first kappa shape index (κ1) is 15.0. The number of furan rings is 1. The van der Waals surface area contributed by atoms with Crippen LogP contribution < -0.4 is 16.6 Å². The van der Waals surface area contributed by atoms with Crippen LogP contribution in [0.15, 0.2) is 10.5 Å². The Morgan fingerprint density at radius 2 is 2.19 bits per heavy atom. The number of urea groups is 1. The highest BCUT2D eigenvalue weighted by Gasteiger charge is 2.46. The van der Waals surface area contributed by atoms with Gasteiger partial charge < -0.3 is 9.73 Å². The lowest BCUT2D eigenvalue weighted by Crippen LogP contribution is -2.43. The molecule has 21 heavy (non-hydrogen) atoms. The molecule has 1 atom stereocenters. The number of carbonyl (C=O) groups is 3. The molecule has 0 saturated carbocycles. The highest BCUT2D eigenvalue weighted by Crippen LogP contribution is 2.24. The molecule has 1 unspecified atom stereocenters. The lowest BCUT2D eigenvalue weighted by Gasteiger charge is -2.19. The third-order valence-corrected chi connectivity index (χ3v) is 3.76. The van der Waals surface area contributed by atoms with Crippen LogP contribution in [0, 0.1) is 6.92 Å². The van der Waals surface area contributed by atoms with Gasteiger partial charge in [-0.25, -0.2) is 10.6 Å². The maximum absolute atomic E-state index is 12.3. The van der Waals surface area contributed by atoms with Crippen LogP contribution in [-0.2, 0) is 11.3 Å². The quantitative estimate of drug-likeness (QED) is 0.322. The van der Waals surface area contributed by atoms with Crippen molar-refractivity contribution in [2.75, 3.05) is 0 Å². The van der Waals surface area contributed by atoms with Crippen molar-refractivity contribution < 1.29 is 18.8 Å². The van der Waals surface area contributed by atoms with E-state index in [9.17, 15) is 14.4 Å². The molecule has 0 bridgehead atoms. The number of hydrogen-bond acceptors (Lipinski definition) is 5. The summed E-state index contributed by atoms with van der Waals surface area (Å²) >= 11 is 0. The number of nitrogens with zero attached hydrogens (tertiary/aromatic N) is 1. The molecule has 1 fully saturated rings. The molecule has 0 radical (unpaired) electrons. The van der Waals surface area contributed by atoms with Crippen molar-refractivity contribution in [2.45, 2.75) is 39.3 Å². The summed E-state index contributed by atoms with van der Waals surface area (Å²) in [6, 6.07) is 1.02. The third-order valence-electron chi connectivity index (χ3n) is 3.76. The fourth-order valence-corrected chi connectivity index (χ4v) is 2.16. The molecule has 0 spiro atoms. The molecule has 8 nitrogen and oxygen atoms in total. The normalized spacial score (nSPS) is 21.6. The van der Waals surface area contributed by atoms with Crippen molar-refractivity contribution in [2.24, 2.45) is 5.84 Å². The lowest BCUT2D eigenvalue weighted by atomic mass is 9.99. The first-order valence-corrected chi connectivity index (χ1v) is 6.56. The first-order valence-electron chi connectivity index (χ1n) is 6.56. The van der Waals surface area contributed by atoms with E-state index < -0.39 is 17.5 Å². The van der Waals surface area contributed by atoms with Gasteiger partial charge >= 0.3 is 11.9 Å². The summed E-state index contributed by atoms with van der Waals surface area (Å²) in [5.41, 5.74) is 1.66. The van der Waals surface area contributed by atoms with Gasteiger partial charge in [-0.05, 0) is 26.3 Å². The first-order chi connectivity index (χ1) is 9.82. The van der Waals surface area contributed by atoms with E-state index in [4.69, 9.17) is 10.3 Å². The Bertz CT molecular complexity index is 609. The fourth-order valence-electron chi connectivity index (χ4n) is 2.16. The Morgan fingerprint density at radius 3 is 2.71 bits per heavy atom. The van der Waals surface area contributed by atoms with Crippen LogP contribution in [0.3, 0.4) is 0 Å². The molecular weight excluding hydrogens is 276 g/mol. The molecule has 0 aromatic carbocycles. The third kappa shape index (κ3) is 2.49. The number of nitrogens with one attached hydrogen (secondary N) is 2. The molecule has 4 amide bonds. The van der Waals surface area contributed by atoms with Gasteiger partial charge in [-0.3, -0.25) is 19.9 Å². The van der Waals surface area contributed by atoms with Crippen LogP contribution in [0.4, 0.5) is 4.79 Å². The van der Waals surface area contributed by atoms with Crippen molar-refractivity contribution in [3.05, 3.63) is 23.2 Å². The van der Waals surface area contributed by atoms with Crippen molar-refractivity contribution in [3.63, 3.8) is 0 Å². The number of amides is 4. The second kappa shape index (κ2) is 5.21. The largest absolute Gasteiger partial charge is 0.456 e. The Morgan fingerprint density at radius 1 is 1.52 bits per heavy atom. The molecule has 1 aliphatic rings. The zero-order chi connectivity index (χ0) is 15.8. The highest BCUT2D eigenvalue weighted by molar-refractivity contribution is 6.06. The molecule has 8 heteroatoms. The predicted molar refractivity (Wildman–Crippen MR) is 72.9 cm³/mol. The zero-order valence-corrected chi connectivity index (χ0v) is 12.1. The average molecular weight is 294 g/mol. The fraction of sp³-hybridized carbons (Fsp3) is 0.462. The molecule has 2 heterocycles. The summed E-state index contributed by atoms with van der Waals surface area (Å²) in [5, 5.41) is 2.67. The van der Waals surface area contributed by atoms with Crippen molar-refractivity contribution in [1.29, 1.82) is 0 Å². The van der Waals surface area contributed by atoms with Gasteiger partial charge in [0.1, 0.15) is 11.3 Å². The summed E-state index contributed by atoms with van der Waals surface area (Å²) in [6.07, 6.45) is 0.499. The Balaban J connectivity index is 2.23. The van der Waals surface area contributed by atoms with Gasteiger partial charge in [0.25, 0.3) is 5.91 Å². The molecule has 1 saturated heterocycles. The summed E-state index contributed by atoms with van der Waals surface area (Å²) in [7, 11) is 0. The number of imide groups is 1. The monoisotopic (exact) mass is 294 g/mol. The van der Waals surface area contributed by atoms with E-state index in [1.165, 1.54) is 6.07 Å². The number of nitrogens with two attached hydrogens (primary N) is 1. The Kier molecular flexibility index (Phi) is 3.73. The Labute approximate surface area is 121 Å². The average Bonchev–Trinajstić information content (AvgIpc) is 2.92. The van der Waals surface area contributed by atoms with Gasteiger partial charge in [0.05, 0.1) is 6.54 Å². The highest BCUT2D eigenvalue weighted by atomic mass is 16.4. The molecule has 2 rings (SSSR count). The standard InChI is InChI=1S/C13H18N4O4/c1-4-13(3)11(19)17(12(20)15-13)6-8-5-9(10(18)16-14)21-7(8)2/h5H,4,6,14H2,1-3H3,(H,15,20)(H,16,18). The van der Waals surface area contributed by atoms with E-state index in [1.807, 2.05) is 12.3 Å². The van der Waals surface area contributed by atoms with E-state index in [1.54, 1.807) is 13.8 Å². The lowest BCUT2D eigenvalue weighted by molar-refractivity contribution is -0.131. The van der Waals surface area contributed by atoms with Crippen molar-refractivity contribution in [3.8, 4) is 0 Å². The number of hydrogen-bond donors (Lipinski definition) is 3. The van der Waals surface area contributed by atoms with Gasteiger partial charge in [0.15, 0.2) is 5.76 Å². The van der Waals surface area contributed by atoms with Gasteiger partial charge in [-0.1, -0.05) is 6.92 Å². The van der Waals surface area contributed by atoms with Gasteiger partial charge in [0, 0.05) is 5.56 Å². The van der Waals surface area contributed by atoms with Gasteiger partial charge in [-0.15, -0.1) is 0 Å². The smallest absolute Gasteiger partial charge is 0.325 e. The van der Waals surface area contributed by atoms with Crippen molar-refractivity contribution >= 4 is 17.8 Å². The van der Waals surface area contributed by atoms with Crippen LogP contribution in [0.1, 0.15) is 42.1 Å². The van der Waals surface area contributed by atoms with Crippen LogP contribution in [0.2, 0.25) is 0 Å². The summed E-state index contributed by atoms with van der Waals surface area (Å²) in [6.45, 7) is 5.21. The zero-order valence-electron chi connectivity index (χ0n) is 12.1. The topological polar surface area (TPSA) is 118 Å². The number of nitrogen functional groups attached to an aromatic ring is 1. The molecule has 4 N–H and O–H groups in total. The molecule has 1 aliphatic heterocycles. The van der Waals surface area contributed by atoms with E-state index in [2.05, 4.69) is 5.32 Å². The number of hydrazine groups is 1. The van der Waals surface area contributed by atoms with E-state index in [0.717, 1.165) is 4.90 Å². The molecule has 1 aromatic rings. The number of rotatable bonds is 4. The van der Waals surface area contributed by atoms with Gasteiger partial charge in [-0.2, -0.15) is 0 Å². The summed E-state index contributed by atoms with van der Waals surface area (Å²) in [5.74, 6) is 4.67. The molecule has 0 aliphatic carbocycles. The summed E-state index contributed by atoms with van der Waals surface area (Å²) in [4.78, 5) is 36.8. The summed E-state index contributed by atoms with van der Waals surface area (Å²) < 4.78 is 5.26. The maximum Gasteiger partial charge on any atom is 0.325 e. The molecule has 114 valence electrons. The Hall–Kier alpha value is -2.35. The van der Waals surface area contributed by atoms with Crippen LogP contribution in [0.25, 0.3) is 0 Å². The van der Waals surface area contributed by atoms with E-state index >= 15 is 0 Å². The molecular formula is C13H18N4O4. The minimum atomic E-state index is -0.883. The van der Waals surface area contributed by atoms with Gasteiger partial charge in [0.2, 0.25) is 0 Å². The maximum atomic E-state index is 12.3. The SMILES string of the molecule is CCC1(C)NC(=O)N(Cc2cc(C(=O)NN)oc2C)C1=O. The van der Waals surface area contributed by atoms with Crippen LogP contribution in [0.5, 0.6) is 0 Å². The van der Waals surface area contributed by atoms with E-state index in [-0.39, 0.29) is 18.2 Å². The van der Waals surface area contributed by atoms with E-state index in [0.29, 0.717) is 17.7 Å². The molecule has 1 aromatic heterocycles. The second-order valence-electron chi connectivity index (χ2n) is 5.17. The predicted octanol–water partition coefficient (Wildman–Crippen LogP) is 0.412. The second-order valence-corrected chi connectivity index (χ2v) is 5.17. The van der Waals surface area contributed by atoms with Crippen molar-refractivity contribution in [1.82, 2.24) is 15.6 Å².